The number of ether oxygens (including phenoxy) is 1. The monoisotopic (exact) mass is 446 g/mol. The van der Waals surface area contributed by atoms with Crippen LogP contribution in [0.2, 0.25) is 0 Å². The van der Waals surface area contributed by atoms with Gasteiger partial charge < -0.3 is 14.2 Å². The molecule has 164 valence electrons. The fourth-order valence-electron chi connectivity index (χ4n) is 4.17. The highest BCUT2D eigenvalue weighted by atomic mass is 32.1. The van der Waals surface area contributed by atoms with Crippen molar-refractivity contribution in [2.24, 2.45) is 0 Å². The van der Waals surface area contributed by atoms with Crippen LogP contribution in [0.4, 0.5) is 0 Å². The summed E-state index contributed by atoms with van der Waals surface area (Å²) in [7, 11) is 1.66. The lowest BCUT2D eigenvalue weighted by Crippen LogP contribution is -2.49. The van der Waals surface area contributed by atoms with Crippen LogP contribution in [0.5, 0.6) is 5.75 Å². The van der Waals surface area contributed by atoms with Crippen LogP contribution in [0.3, 0.4) is 0 Å². The molecule has 2 aromatic carbocycles. The average Bonchev–Trinajstić information content (AvgIpc) is 3.47. The second kappa shape index (κ2) is 9.14. The fourth-order valence-corrected chi connectivity index (χ4v) is 4.98. The summed E-state index contributed by atoms with van der Waals surface area (Å²) in [5, 5.41) is 4.29. The lowest BCUT2D eigenvalue weighted by Gasteiger charge is -2.34. The van der Waals surface area contributed by atoms with Crippen LogP contribution in [0, 0.1) is 0 Å². The Labute approximate surface area is 191 Å². The molecule has 3 heterocycles. The van der Waals surface area contributed by atoms with Crippen LogP contribution in [0.25, 0.3) is 21.5 Å². The second-order valence-corrected chi connectivity index (χ2v) is 8.89. The van der Waals surface area contributed by atoms with Gasteiger partial charge in [0.15, 0.2) is 0 Å². The van der Waals surface area contributed by atoms with Crippen molar-refractivity contribution in [3.63, 3.8) is 0 Å². The largest absolute Gasteiger partial charge is 0.497 e. The Morgan fingerprint density at radius 2 is 1.88 bits per heavy atom. The van der Waals surface area contributed by atoms with Crippen molar-refractivity contribution in [2.45, 2.75) is 13.1 Å². The SMILES string of the molecule is COc1ccc2c(ccn2CC(=O)N2CCN(Cc3csc(-c4ccccc4)n3)CC2)c1. The zero-order valence-electron chi connectivity index (χ0n) is 18.1. The van der Waals surface area contributed by atoms with Gasteiger partial charge in [0.25, 0.3) is 0 Å². The lowest BCUT2D eigenvalue weighted by atomic mass is 10.2. The van der Waals surface area contributed by atoms with E-state index in [-0.39, 0.29) is 5.91 Å². The third-order valence-electron chi connectivity index (χ3n) is 5.97. The van der Waals surface area contributed by atoms with Gasteiger partial charge in [-0.15, -0.1) is 11.3 Å². The topological polar surface area (TPSA) is 50.6 Å². The number of carbonyl (C=O) groups excluding carboxylic acids is 1. The van der Waals surface area contributed by atoms with Crippen LogP contribution in [-0.4, -0.2) is 58.5 Å². The molecular weight excluding hydrogens is 420 g/mol. The Morgan fingerprint density at radius 3 is 2.66 bits per heavy atom. The number of rotatable bonds is 6. The van der Waals surface area contributed by atoms with Gasteiger partial charge in [-0.05, 0) is 24.3 Å². The average molecular weight is 447 g/mol. The van der Waals surface area contributed by atoms with E-state index in [1.165, 1.54) is 0 Å². The minimum Gasteiger partial charge on any atom is -0.497 e. The van der Waals surface area contributed by atoms with Gasteiger partial charge >= 0.3 is 0 Å². The van der Waals surface area contributed by atoms with Crippen LogP contribution in [0.1, 0.15) is 5.69 Å². The summed E-state index contributed by atoms with van der Waals surface area (Å²) in [6.45, 7) is 4.43. The van der Waals surface area contributed by atoms with E-state index < -0.39 is 0 Å². The number of amides is 1. The molecule has 0 spiro atoms. The number of fused-ring (bicyclic) bond motifs is 1. The minimum absolute atomic E-state index is 0.165. The predicted octanol–water partition coefficient (Wildman–Crippen LogP) is 4.12. The van der Waals surface area contributed by atoms with Crippen molar-refractivity contribution in [1.82, 2.24) is 19.4 Å². The van der Waals surface area contributed by atoms with Crippen LogP contribution in [-0.2, 0) is 17.9 Å². The third kappa shape index (κ3) is 4.40. The van der Waals surface area contributed by atoms with E-state index in [0.717, 1.165) is 65.6 Å². The van der Waals surface area contributed by atoms with Gasteiger partial charge in [0.1, 0.15) is 17.3 Å². The van der Waals surface area contributed by atoms with Crippen molar-refractivity contribution in [2.75, 3.05) is 33.3 Å². The molecule has 0 N–H and O–H groups in total. The van der Waals surface area contributed by atoms with E-state index in [0.29, 0.717) is 6.54 Å². The molecule has 4 aromatic rings. The number of hydrogen-bond acceptors (Lipinski definition) is 5. The highest BCUT2D eigenvalue weighted by Gasteiger charge is 2.22. The maximum absolute atomic E-state index is 12.9. The molecule has 0 saturated carbocycles. The maximum atomic E-state index is 12.9. The number of carbonyl (C=O) groups is 1. The smallest absolute Gasteiger partial charge is 0.242 e. The summed E-state index contributed by atoms with van der Waals surface area (Å²) < 4.78 is 7.31. The van der Waals surface area contributed by atoms with Gasteiger partial charge in [-0.25, -0.2) is 4.98 Å². The minimum atomic E-state index is 0.165. The first-order valence-corrected chi connectivity index (χ1v) is 11.7. The van der Waals surface area contributed by atoms with Gasteiger partial charge in [-0.1, -0.05) is 30.3 Å². The Balaban J connectivity index is 1.15. The Hall–Kier alpha value is -3.16. The number of benzene rings is 2. The van der Waals surface area contributed by atoms with Crippen LogP contribution in [0.15, 0.2) is 66.2 Å². The van der Waals surface area contributed by atoms with E-state index in [1.807, 2.05) is 58.1 Å². The first-order chi connectivity index (χ1) is 15.7. The molecule has 1 fully saturated rings. The fraction of sp³-hybridized carbons (Fsp3) is 0.280. The summed E-state index contributed by atoms with van der Waals surface area (Å²) in [5.74, 6) is 0.992. The summed E-state index contributed by atoms with van der Waals surface area (Å²) >= 11 is 1.69. The van der Waals surface area contributed by atoms with E-state index >= 15 is 0 Å². The zero-order chi connectivity index (χ0) is 21.9. The van der Waals surface area contributed by atoms with Crippen molar-refractivity contribution in [3.05, 3.63) is 71.9 Å². The van der Waals surface area contributed by atoms with E-state index in [4.69, 9.17) is 9.72 Å². The summed E-state index contributed by atoms with van der Waals surface area (Å²) in [4.78, 5) is 22.1. The molecular formula is C25H26N4O2S. The van der Waals surface area contributed by atoms with Crippen molar-refractivity contribution >= 4 is 28.1 Å². The third-order valence-corrected chi connectivity index (χ3v) is 6.91. The van der Waals surface area contributed by atoms with Gasteiger partial charge in [-0.3, -0.25) is 9.69 Å². The van der Waals surface area contributed by atoms with Crippen LogP contribution >= 0.6 is 11.3 Å². The Kier molecular flexibility index (Phi) is 5.92. The number of thiazole rings is 1. The highest BCUT2D eigenvalue weighted by molar-refractivity contribution is 7.13. The summed E-state index contributed by atoms with van der Waals surface area (Å²) in [6, 6.07) is 18.3. The molecule has 7 heteroatoms. The van der Waals surface area contributed by atoms with Gasteiger partial charge in [0.05, 0.1) is 12.8 Å². The number of aromatic nitrogens is 2. The van der Waals surface area contributed by atoms with Crippen LogP contribution < -0.4 is 4.74 Å². The Morgan fingerprint density at radius 1 is 1.06 bits per heavy atom. The second-order valence-electron chi connectivity index (χ2n) is 8.04. The molecule has 0 atom stereocenters. The molecule has 1 aliphatic heterocycles. The van der Waals surface area contributed by atoms with Gasteiger partial charge in [0, 0.05) is 60.8 Å². The molecule has 32 heavy (non-hydrogen) atoms. The molecule has 0 bridgehead atoms. The summed E-state index contributed by atoms with van der Waals surface area (Å²) in [5.41, 5.74) is 3.31. The molecule has 1 aliphatic rings. The molecule has 2 aromatic heterocycles. The molecule has 5 rings (SSSR count). The molecule has 6 nitrogen and oxygen atoms in total. The van der Waals surface area contributed by atoms with E-state index in [1.54, 1.807) is 18.4 Å². The first kappa shape index (κ1) is 20.7. The number of piperazine rings is 1. The Bertz CT molecular complexity index is 1210. The van der Waals surface area contributed by atoms with Crippen molar-refractivity contribution in [3.8, 4) is 16.3 Å². The normalized spacial score (nSPS) is 14.7. The molecule has 0 radical (unpaired) electrons. The molecule has 0 unspecified atom stereocenters. The van der Waals surface area contributed by atoms with Gasteiger partial charge in [-0.2, -0.15) is 0 Å². The molecule has 1 amide bonds. The number of hydrogen-bond donors (Lipinski definition) is 0. The van der Waals surface area contributed by atoms with Gasteiger partial charge in [0.2, 0.25) is 5.91 Å². The molecule has 1 saturated heterocycles. The predicted molar refractivity (Wildman–Crippen MR) is 128 cm³/mol. The zero-order valence-corrected chi connectivity index (χ0v) is 18.9. The van der Waals surface area contributed by atoms with Crippen molar-refractivity contribution < 1.29 is 9.53 Å². The first-order valence-electron chi connectivity index (χ1n) is 10.8. The number of nitrogens with zero attached hydrogens (tertiary/aromatic N) is 4. The summed E-state index contributed by atoms with van der Waals surface area (Å²) in [6.07, 6.45) is 1.98. The van der Waals surface area contributed by atoms with Crippen molar-refractivity contribution in [1.29, 1.82) is 0 Å². The maximum Gasteiger partial charge on any atom is 0.242 e. The number of methoxy groups -OCH3 is 1. The standard InChI is InChI=1S/C25H26N4O2S/c1-31-22-7-8-23-20(15-22)9-10-29(23)17-24(30)28-13-11-27(12-14-28)16-21-18-32-25(26-21)19-5-3-2-4-6-19/h2-10,15,18H,11-14,16-17H2,1H3. The van der Waals surface area contributed by atoms with E-state index in [2.05, 4.69) is 22.4 Å². The quantitative estimate of drug-likeness (QED) is 0.447. The lowest BCUT2D eigenvalue weighted by molar-refractivity contribution is -0.133. The highest BCUT2D eigenvalue weighted by Crippen LogP contribution is 2.24. The molecule has 0 aliphatic carbocycles. The van der Waals surface area contributed by atoms with E-state index in [9.17, 15) is 4.79 Å².